The van der Waals surface area contributed by atoms with E-state index in [1.165, 1.54) is 51.9 Å². The molecule has 0 amide bonds. The van der Waals surface area contributed by atoms with Crippen LogP contribution in [0.4, 0.5) is 29.0 Å². The molecular formula is C44H63ClN10O4. The number of hydrogen-bond acceptors (Lipinski definition) is 14. The Hall–Kier alpha value is -4.47. The van der Waals surface area contributed by atoms with Gasteiger partial charge in [0.2, 0.25) is 11.2 Å². The average Bonchev–Trinajstić information content (AvgIpc) is 4.11. The van der Waals surface area contributed by atoms with Gasteiger partial charge in [-0.15, -0.1) is 0 Å². The monoisotopic (exact) mass is 830 g/mol. The number of aryl methyl sites for hydroxylation is 2. The number of aromatic nitrogens is 4. The highest BCUT2D eigenvalue weighted by molar-refractivity contribution is 6.28. The van der Waals surface area contributed by atoms with Crippen LogP contribution in [0.2, 0.25) is 5.28 Å². The summed E-state index contributed by atoms with van der Waals surface area (Å²) < 4.78 is 22.7. The zero-order chi connectivity index (χ0) is 41.1. The summed E-state index contributed by atoms with van der Waals surface area (Å²) in [6, 6.07) is 15.5. The lowest BCUT2D eigenvalue weighted by molar-refractivity contribution is 0.120. The summed E-state index contributed by atoms with van der Waals surface area (Å²) in [4.78, 5) is 21.9. The van der Waals surface area contributed by atoms with Crippen molar-refractivity contribution >= 4 is 40.6 Å². The molecule has 8 rings (SSSR count). The number of nitrogens with zero attached hydrogens (tertiary/aromatic N) is 6. The summed E-state index contributed by atoms with van der Waals surface area (Å²) in [5.74, 6) is 4.01. The Kier molecular flexibility index (Phi) is 17.9. The largest absolute Gasteiger partial charge is 0.492 e. The van der Waals surface area contributed by atoms with E-state index in [9.17, 15) is 0 Å². The quantitative estimate of drug-likeness (QED) is 0.0656. The van der Waals surface area contributed by atoms with E-state index >= 15 is 0 Å². The Balaban J connectivity index is 0.000000164. The number of hydrogen-bond donors (Lipinski definition) is 4. The number of ether oxygens (including phenoxy) is 4. The van der Waals surface area contributed by atoms with Gasteiger partial charge < -0.3 is 40.6 Å². The third-order valence-corrected chi connectivity index (χ3v) is 10.9. The molecule has 15 heteroatoms. The Bertz CT molecular complexity index is 1800. The number of likely N-dealkylation sites (tertiary alicyclic amines) is 2. The molecule has 2 aromatic heterocycles. The molecule has 2 atom stereocenters. The number of nitrogens with one attached hydrogen (secondary N) is 3. The fraction of sp³-hybridized carbons (Fsp3) is 0.545. The molecular weight excluding hydrogens is 768 g/mol. The topological polar surface area (TPSA) is 157 Å². The number of anilines is 5. The summed E-state index contributed by atoms with van der Waals surface area (Å²) in [6.45, 7) is 15.6. The lowest BCUT2D eigenvalue weighted by atomic mass is 10.2. The Morgan fingerprint density at radius 1 is 0.678 bits per heavy atom. The van der Waals surface area contributed by atoms with Crippen LogP contribution in [-0.4, -0.2) is 121 Å². The minimum absolute atomic E-state index is 0.274. The van der Waals surface area contributed by atoms with Crippen molar-refractivity contribution in [3.05, 3.63) is 77.3 Å². The van der Waals surface area contributed by atoms with Crippen molar-refractivity contribution in [1.82, 2.24) is 29.7 Å². The Labute approximate surface area is 354 Å². The average molecular weight is 832 g/mol. The standard InChI is InChI=1S/C22H31N5O2.C12H18N2O.C10H14ClN3O/c1-17-15-24-22(26-21(17)23-16-20-5-4-13-28-20)25-18-6-8-19(9-7-18)29-14-12-27-10-2-3-11-27;13-11-3-5-12(6-4-11)15-10-9-14-7-1-2-8-14;1-7-5-13-10(11)14-9(7)12-6-8-3-2-4-15-8/h6-9,15,20H,2-5,10-14,16H2,1H3,(H2,23,24,25,26);3-6H,1-2,7-10,13H2;5,8H,2-4,6H2,1H3,(H,12,13,14)/t20-;;8-/m0.1/s1. The van der Waals surface area contributed by atoms with Crippen molar-refractivity contribution in [2.24, 2.45) is 0 Å². The van der Waals surface area contributed by atoms with Crippen molar-refractivity contribution in [3.63, 3.8) is 0 Å². The molecule has 0 radical (unpaired) electrons. The van der Waals surface area contributed by atoms with Crippen LogP contribution < -0.4 is 31.2 Å². The summed E-state index contributed by atoms with van der Waals surface area (Å²) in [6.07, 6.45) is 13.9. The number of nitrogen functional groups attached to an aromatic ring is 1. The zero-order valence-corrected chi connectivity index (χ0v) is 35.6. The van der Waals surface area contributed by atoms with E-state index in [1.807, 2.05) is 68.6 Å². The van der Waals surface area contributed by atoms with E-state index < -0.39 is 0 Å². The van der Waals surface area contributed by atoms with Gasteiger partial charge in [-0.05, 0) is 152 Å². The van der Waals surface area contributed by atoms with Crippen LogP contribution >= 0.6 is 11.6 Å². The van der Waals surface area contributed by atoms with Gasteiger partial charge in [-0.2, -0.15) is 4.98 Å². The number of benzene rings is 2. The molecule has 0 saturated carbocycles. The van der Waals surface area contributed by atoms with Crippen LogP contribution in [0.5, 0.6) is 11.5 Å². The Morgan fingerprint density at radius 2 is 1.17 bits per heavy atom. The minimum Gasteiger partial charge on any atom is -0.492 e. The van der Waals surface area contributed by atoms with Crippen molar-refractivity contribution in [3.8, 4) is 11.5 Å². The van der Waals surface area contributed by atoms with E-state index in [4.69, 9.17) is 36.3 Å². The van der Waals surface area contributed by atoms with Gasteiger partial charge in [-0.25, -0.2) is 15.0 Å². The first-order valence-corrected chi connectivity index (χ1v) is 21.7. The molecule has 0 aliphatic carbocycles. The predicted molar refractivity (Wildman–Crippen MR) is 236 cm³/mol. The lowest BCUT2D eigenvalue weighted by Gasteiger charge is -2.15. The highest BCUT2D eigenvalue weighted by atomic mass is 35.5. The van der Waals surface area contributed by atoms with Gasteiger partial charge in [0, 0.05) is 74.3 Å². The van der Waals surface area contributed by atoms with Crippen LogP contribution in [-0.2, 0) is 9.47 Å². The van der Waals surface area contributed by atoms with E-state index in [0.29, 0.717) is 12.1 Å². The van der Waals surface area contributed by atoms with Gasteiger partial charge in [0.05, 0.1) is 12.2 Å². The molecule has 14 nitrogen and oxygen atoms in total. The summed E-state index contributed by atoms with van der Waals surface area (Å²) in [5.41, 5.74) is 9.33. The molecule has 4 fully saturated rings. The van der Waals surface area contributed by atoms with Crippen molar-refractivity contribution < 1.29 is 18.9 Å². The first-order chi connectivity index (χ1) is 28.9. The van der Waals surface area contributed by atoms with Crippen LogP contribution in [0.15, 0.2) is 60.9 Å². The van der Waals surface area contributed by atoms with Gasteiger partial charge in [0.1, 0.15) is 36.3 Å². The zero-order valence-electron chi connectivity index (χ0n) is 34.8. The molecule has 4 aliphatic rings. The van der Waals surface area contributed by atoms with Crippen molar-refractivity contribution in [1.29, 1.82) is 0 Å². The molecule has 2 aromatic carbocycles. The lowest BCUT2D eigenvalue weighted by Crippen LogP contribution is -2.25. The first-order valence-electron chi connectivity index (χ1n) is 21.3. The van der Waals surface area contributed by atoms with Gasteiger partial charge in [0.15, 0.2) is 0 Å². The second-order valence-electron chi connectivity index (χ2n) is 15.4. The normalized spacial score (nSPS) is 19.0. The van der Waals surface area contributed by atoms with Gasteiger partial charge >= 0.3 is 0 Å². The highest BCUT2D eigenvalue weighted by Crippen LogP contribution is 2.22. The van der Waals surface area contributed by atoms with Gasteiger partial charge in [-0.1, -0.05) is 0 Å². The minimum atomic E-state index is 0.274. The van der Waals surface area contributed by atoms with Crippen molar-refractivity contribution in [2.45, 2.75) is 77.4 Å². The maximum Gasteiger partial charge on any atom is 0.229 e. The van der Waals surface area contributed by atoms with Crippen LogP contribution in [0.3, 0.4) is 0 Å². The van der Waals surface area contributed by atoms with Gasteiger partial charge in [0.25, 0.3) is 0 Å². The fourth-order valence-corrected chi connectivity index (χ4v) is 7.37. The van der Waals surface area contributed by atoms with Crippen LogP contribution in [0.1, 0.15) is 62.5 Å². The molecule has 6 heterocycles. The van der Waals surface area contributed by atoms with E-state index in [-0.39, 0.29) is 11.4 Å². The SMILES string of the molecule is Cc1cnc(Cl)nc1NC[C@H]1CCCO1.Cc1cnc(Nc2ccc(OCCN3CCCC3)cc2)nc1NC[C@@H]1CCCO1.Nc1ccc(OCCN2CCCC2)cc1. The molecule has 0 unspecified atom stereocenters. The first kappa shape index (κ1) is 44.1. The molecule has 320 valence electrons. The number of rotatable bonds is 16. The fourth-order valence-electron chi connectivity index (χ4n) is 7.24. The summed E-state index contributed by atoms with van der Waals surface area (Å²) in [7, 11) is 0. The third kappa shape index (κ3) is 15.6. The molecule has 4 aliphatic heterocycles. The van der Waals surface area contributed by atoms with E-state index in [0.717, 1.165) is 124 Å². The maximum absolute atomic E-state index is 5.87. The van der Waals surface area contributed by atoms with E-state index in [2.05, 4.69) is 45.7 Å². The second-order valence-corrected chi connectivity index (χ2v) is 15.8. The van der Waals surface area contributed by atoms with Crippen LogP contribution in [0.25, 0.3) is 0 Å². The summed E-state index contributed by atoms with van der Waals surface area (Å²) in [5, 5.41) is 10.2. The molecule has 5 N–H and O–H groups in total. The van der Waals surface area contributed by atoms with Gasteiger partial charge in [-0.3, -0.25) is 9.80 Å². The third-order valence-electron chi connectivity index (χ3n) is 10.7. The molecule has 0 spiro atoms. The number of halogens is 1. The van der Waals surface area contributed by atoms with Crippen molar-refractivity contribution in [2.75, 3.05) is 100 Å². The molecule has 4 aromatic rings. The smallest absolute Gasteiger partial charge is 0.229 e. The van der Waals surface area contributed by atoms with Crippen LogP contribution in [0, 0.1) is 13.8 Å². The maximum atomic E-state index is 5.87. The molecule has 59 heavy (non-hydrogen) atoms. The van der Waals surface area contributed by atoms with E-state index in [1.54, 1.807) is 6.20 Å². The Morgan fingerprint density at radius 3 is 1.68 bits per heavy atom. The predicted octanol–water partition coefficient (Wildman–Crippen LogP) is 7.37. The second kappa shape index (κ2) is 24.0. The molecule has 0 bridgehead atoms. The highest BCUT2D eigenvalue weighted by Gasteiger charge is 2.17. The molecule has 4 saturated heterocycles. The number of nitrogens with two attached hydrogens (primary N) is 1. The summed E-state index contributed by atoms with van der Waals surface area (Å²) >= 11 is 5.72.